The third-order valence-corrected chi connectivity index (χ3v) is 1.92. The van der Waals surface area contributed by atoms with E-state index in [-0.39, 0.29) is 0 Å². The predicted molar refractivity (Wildman–Crippen MR) is 53.9 cm³/mol. The number of halogens is 1. The molecule has 11 heavy (non-hydrogen) atoms. The van der Waals surface area contributed by atoms with Crippen LogP contribution in [0, 0.1) is 0 Å². The number of benzene rings is 1. The molecular weight excluding hydrogens is 202 g/mol. The van der Waals surface area contributed by atoms with Gasteiger partial charge in [-0.3, -0.25) is 0 Å². The predicted octanol–water partition coefficient (Wildman–Crippen LogP) is 3.09. The van der Waals surface area contributed by atoms with Crippen LogP contribution in [-0.4, -0.2) is 7.05 Å². The summed E-state index contributed by atoms with van der Waals surface area (Å²) in [6.07, 6.45) is 0. The van der Waals surface area contributed by atoms with Gasteiger partial charge in [-0.2, -0.15) is 0 Å². The van der Waals surface area contributed by atoms with Gasteiger partial charge in [-0.1, -0.05) is 40.7 Å². The van der Waals surface area contributed by atoms with Crippen molar-refractivity contribution in [1.82, 2.24) is 0 Å². The molecule has 0 saturated carbocycles. The lowest BCUT2D eigenvalue weighted by molar-refractivity contribution is 1.49. The standard InChI is InChI=1S/C9H10BrN/c1-7(10)8-5-3-4-6-9(8)11-2/h3-6,11H,1H2,2H3. The minimum Gasteiger partial charge on any atom is -0.388 e. The van der Waals surface area contributed by atoms with Crippen LogP contribution in [0.25, 0.3) is 4.48 Å². The van der Waals surface area contributed by atoms with Gasteiger partial charge in [0, 0.05) is 22.8 Å². The second-order valence-corrected chi connectivity index (χ2v) is 3.16. The number of hydrogen-bond donors (Lipinski definition) is 1. The molecule has 58 valence electrons. The Morgan fingerprint density at radius 1 is 1.45 bits per heavy atom. The fourth-order valence-corrected chi connectivity index (χ4v) is 1.28. The van der Waals surface area contributed by atoms with Crippen LogP contribution in [0.3, 0.4) is 0 Å². The highest BCUT2D eigenvalue weighted by atomic mass is 79.9. The van der Waals surface area contributed by atoms with Gasteiger partial charge in [-0.25, -0.2) is 0 Å². The molecule has 1 aromatic carbocycles. The first-order valence-electron chi connectivity index (χ1n) is 3.37. The van der Waals surface area contributed by atoms with Crippen molar-refractivity contribution >= 4 is 26.1 Å². The molecular formula is C9H10BrN. The van der Waals surface area contributed by atoms with Crippen LogP contribution < -0.4 is 5.32 Å². The molecule has 2 heteroatoms. The maximum atomic E-state index is 3.81. The van der Waals surface area contributed by atoms with E-state index in [1.54, 1.807) is 0 Å². The summed E-state index contributed by atoms with van der Waals surface area (Å²) in [4.78, 5) is 0. The lowest BCUT2D eigenvalue weighted by Crippen LogP contribution is -1.91. The molecule has 0 unspecified atom stereocenters. The van der Waals surface area contributed by atoms with Gasteiger partial charge in [-0.05, 0) is 6.07 Å². The molecule has 0 heterocycles. The first kappa shape index (κ1) is 8.34. The van der Waals surface area contributed by atoms with Gasteiger partial charge >= 0.3 is 0 Å². The molecule has 0 radical (unpaired) electrons. The number of nitrogens with one attached hydrogen (secondary N) is 1. The van der Waals surface area contributed by atoms with Gasteiger partial charge in [0.25, 0.3) is 0 Å². The molecule has 1 rings (SSSR count). The molecule has 0 aromatic heterocycles. The number of anilines is 1. The third-order valence-electron chi connectivity index (χ3n) is 1.49. The average molecular weight is 212 g/mol. The minimum atomic E-state index is 0.905. The first-order valence-corrected chi connectivity index (χ1v) is 4.16. The van der Waals surface area contributed by atoms with Crippen LogP contribution in [0.4, 0.5) is 5.69 Å². The molecule has 0 fully saturated rings. The summed E-state index contributed by atoms with van der Waals surface area (Å²) in [7, 11) is 1.90. The van der Waals surface area contributed by atoms with Crippen LogP contribution >= 0.6 is 15.9 Å². The summed E-state index contributed by atoms with van der Waals surface area (Å²) in [6, 6.07) is 8.01. The van der Waals surface area contributed by atoms with Crippen molar-refractivity contribution in [3.63, 3.8) is 0 Å². The molecule has 0 saturated heterocycles. The summed E-state index contributed by atoms with van der Waals surface area (Å²) in [5.74, 6) is 0. The van der Waals surface area contributed by atoms with Crippen molar-refractivity contribution in [3.05, 3.63) is 36.4 Å². The maximum absolute atomic E-state index is 3.81. The summed E-state index contributed by atoms with van der Waals surface area (Å²) < 4.78 is 0.905. The van der Waals surface area contributed by atoms with E-state index in [9.17, 15) is 0 Å². The number of para-hydroxylation sites is 1. The molecule has 1 N–H and O–H groups in total. The number of rotatable bonds is 2. The largest absolute Gasteiger partial charge is 0.388 e. The fourth-order valence-electron chi connectivity index (χ4n) is 0.938. The van der Waals surface area contributed by atoms with Crippen molar-refractivity contribution in [1.29, 1.82) is 0 Å². The molecule has 0 aliphatic rings. The third kappa shape index (κ3) is 1.84. The van der Waals surface area contributed by atoms with Crippen molar-refractivity contribution < 1.29 is 0 Å². The van der Waals surface area contributed by atoms with Gasteiger partial charge in [0.1, 0.15) is 0 Å². The zero-order valence-corrected chi connectivity index (χ0v) is 7.98. The van der Waals surface area contributed by atoms with E-state index in [0.717, 1.165) is 15.7 Å². The van der Waals surface area contributed by atoms with Gasteiger partial charge in [0.2, 0.25) is 0 Å². The normalized spacial score (nSPS) is 9.27. The SMILES string of the molecule is C=C(Br)c1ccccc1NC. The lowest BCUT2D eigenvalue weighted by atomic mass is 10.2. The van der Waals surface area contributed by atoms with Gasteiger partial charge in [0.15, 0.2) is 0 Å². The van der Waals surface area contributed by atoms with E-state index in [1.807, 2.05) is 31.3 Å². The van der Waals surface area contributed by atoms with E-state index in [0.29, 0.717) is 0 Å². The first-order chi connectivity index (χ1) is 5.25. The van der Waals surface area contributed by atoms with Gasteiger partial charge < -0.3 is 5.32 Å². The van der Waals surface area contributed by atoms with Crippen LogP contribution in [0.15, 0.2) is 30.8 Å². The van der Waals surface area contributed by atoms with Crippen molar-refractivity contribution in [3.8, 4) is 0 Å². The Kier molecular flexibility index (Phi) is 2.71. The minimum absolute atomic E-state index is 0.905. The Bertz CT molecular complexity index is 268. The topological polar surface area (TPSA) is 12.0 Å². The molecule has 0 aliphatic heterocycles. The van der Waals surface area contributed by atoms with Crippen LogP contribution in [0.1, 0.15) is 5.56 Å². The molecule has 1 aromatic rings. The summed E-state index contributed by atoms with van der Waals surface area (Å²) >= 11 is 3.34. The Morgan fingerprint density at radius 3 is 2.55 bits per heavy atom. The van der Waals surface area contributed by atoms with Crippen LogP contribution in [0.5, 0.6) is 0 Å². The Balaban J connectivity index is 3.12. The Morgan fingerprint density at radius 2 is 2.09 bits per heavy atom. The van der Waals surface area contributed by atoms with Gasteiger partial charge in [-0.15, -0.1) is 0 Å². The summed E-state index contributed by atoms with van der Waals surface area (Å²) in [5, 5.41) is 3.09. The molecule has 0 amide bonds. The average Bonchev–Trinajstić information content (AvgIpc) is 2.04. The summed E-state index contributed by atoms with van der Waals surface area (Å²) in [5.41, 5.74) is 2.20. The van der Waals surface area contributed by atoms with E-state index in [1.165, 1.54) is 0 Å². The van der Waals surface area contributed by atoms with Gasteiger partial charge in [0.05, 0.1) is 0 Å². The second-order valence-electron chi connectivity index (χ2n) is 2.20. The Hall–Kier alpha value is -0.760. The lowest BCUT2D eigenvalue weighted by Gasteiger charge is -2.05. The highest BCUT2D eigenvalue weighted by Crippen LogP contribution is 2.25. The highest BCUT2D eigenvalue weighted by Gasteiger charge is 1.99. The van der Waals surface area contributed by atoms with Crippen molar-refractivity contribution in [2.75, 3.05) is 12.4 Å². The van der Waals surface area contributed by atoms with E-state index in [4.69, 9.17) is 0 Å². The van der Waals surface area contributed by atoms with Crippen LogP contribution in [0.2, 0.25) is 0 Å². The quantitative estimate of drug-likeness (QED) is 0.794. The smallest absolute Gasteiger partial charge is 0.0422 e. The molecule has 1 nitrogen and oxygen atoms in total. The molecule has 0 aliphatic carbocycles. The number of hydrogen-bond acceptors (Lipinski definition) is 1. The van der Waals surface area contributed by atoms with E-state index in [2.05, 4.69) is 27.8 Å². The summed E-state index contributed by atoms with van der Waals surface area (Å²) in [6.45, 7) is 3.81. The molecule has 0 atom stereocenters. The second kappa shape index (κ2) is 3.58. The zero-order valence-electron chi connectivity index (χ0n) is 6.39. The maximum Gasteiger partial charge on any atom is 0.0422 e. The fraction of sp³-hybridized carbons (Fsp3) is 0.111. The zero-order chi connectivity index (χ0) is 8.27. The van der Waals surface area contributed by atoms with Crippen LogP contribution in [-0.2, 0) is 0 Å². The molecule has 0 bridgehead atoms. The van der Waals surface area contributed by atoms with Crippen molar-refractivity contribution in [2.45, 2.75) is 0 Å². The van der Waals surface area contributed by atoms with E-state index >= 15 is 0 Å². The Labute approximate surface area is 75.3 Å². The van der Waals surface area contributed by atoms with E-state index < -0.39 is 0 Å². The highest BCUT2D eigenvalue weighted by molar-refractivity contribution is 9.15. The molecule has 0 spiro atoms. The monoisotopic (exact) mass is 211 g/mol. The van der Waals surface area contributed by atoms with Crippen molar-refractivity contribution in [2.24, 2.45) is 0 Å².